The van der Waals surface area contributed by atoms with Gasteiger partial charge >= 0.3 is 6.09 Å². The van der Waals surface area contributed by atoms with Crippen molar-refractivity contribution in [2.45, 2.75) is 51.7 Å². The SMILES string of the molecule is CC(C)(C)OC(=O)N[C@@H]1CC[C@@H](C(=O)N2CCSSCC2)C1. The van der Waals surface area contributed by atoms with Gasteiger partial charge in [0.1, 0.15) is 5.60 Å². The molecule has 0 unspecified atom stereocenters. The third-order valence-electron chi connectivity index (χ3n) is 3.79. The van der Waals surface area contributed by atoms with Gasteiger partial charge in [-0.15, -0.1) is 0 Å². The summed E-state index contributed by atoms with van der Waals surface area (Å²) < 4.78 is 5.28. The molecule has 0 aromatic carbocycles. The lowest BCUT2D eigenvalue weighted by atomic mass is 10.1. The van der Waals surface area contributed by atoms with Crippen LogP contribution in [-0.2, 0) is 9.53 Å². The van der Waals surface area contributed by atoms with Gasteiger partial charge in [-0.1, -0.05) is 21.6 Å². The van der Waals surface area contributed by atoms with Crippen molar-refractivity contribution in [3.63, 3.8) is 0 Å². The van der Waals surface area contributed by atoms with Crippen molar-refractivity contribution in [1.82, 2.24) is 10.2 Å². The lowest BCUT2D eigenvalue weighted by Crippen LogP contribution is -2.40. The topological polar surface area (TPSA) is 58.6 Å². The molecule has 7 heteroatoms. The summed E-state index contributed by atoms with van der Waals surface area (Å²) in [6, 6.07) is 0.0551. The Kier molecular flexibility index (Phi) is 6.32. The number of nitrogens with zero attached hydrogens (tertiary/aromatic N) is 1. The number of carbonyl (C=O) groups is 2. The number of alkyl carbamates (subject to hydrolysis) is 1. The first-order valence-electron chi connectivity index (χ1n) is 7.88. The van der Waals surface area contributed by atoms with E-state index in [0.29, 0.717) is 0 Å². The van der Waals surface area contributed by atoms with E-state index in [9.17, 15) is 9.59 Å². The van der Waals surface area contributed by atoms with E-state index in [-0.39, 0.29) is 24.0 Å². The Morgan fingerprint density at radius 1 is 1.14 bits per heavy atom. The summed E-state index contributed by atoms with van der Waals surface area (Å²) in [5.74, 6) is 2.32. The highest BCUT2D eigenvalue weighted by Gasteiger charge is 2.34. The molecule has 2 fully saturated rings. The molecule has 2 aliphatic rings. The van der Waals surface area contributed by atoms with E-state index in [1.54, 1.807) is 0 Å². The number of amides is 2. The van der Waals surface area contributed by atoms with Crippen LogP contribution in [-0.4, -0.2) is 53.1 Å². The minimum atomic E-state index is -0.487. The summed E-state index contributed by atoms with van der Waals surface area (Å²) in [6.07, 6.45) is 2.06. The van der Waals surface area contributed by atoms with Crippen molar-refractivity contribution < 1.29 is 14.3 Å². The lowest BCUT2D eigenvalue weighted by molar-refractivity contribution is -0.134. The number of hydrogen-bond donors (Lipinski definition) is 1. The first-order valence-corrected chi connectivity index (χ1v) is 10.4. The average molecular weight is 347 g/mol. The number of rotatable bonds is 2. The van der Waals surface area contributed by atoms with Crippen LogP contribution >= 0.6 is 21.6 Å². The zero-order chi connectivity index (χ0) is 16.2. The van der Waals surface area contributed by atoms with Gasteiger partial charge in [0.25, 0.3) is 0 Å². The van der Waals surface area contributed by atoms with Crippen LogP contribution < -0.4 is 5.32 Å². The highest BCUT2D eigenvalue weighted by atomic mass is 33.1. The Hall–Kier alpha value is -0.560. The van der Waals surface area contributed by atoms with Gasteiger partial charge in [-0.3, -0.25) is 4.79 Å². The molecule has 126 valence electrons. The molecule has 1 aliphatic carbocycles. The highest BCUT2D eigenvalue weighted by molar-refractivity contribution is 8.76. The molecule has 0 radical (unpaired) electrons. The van der Waals surface area contributed by atoms with Crippen molar-refractivity contribution >= 4 is 33.6 Å². The van der Waals surface area contributed by atoms with Crippen LogP contribution in [0.15, 0.2) is 0 Å². The largest absolute Gasteiger partial charge is 0.444 e. The highest BCUT2D eigenvalue weighted by Crippen LogP contribution is 2.30. The zero-order valence-electron chi connectivity index (χ0n) is 13.6. The van der Waals surface area contributed by atoms with Crippen molar-refractivity contribution in [2.75, 3.05) is 24.6 Å². The molecule has 0 spiro atoms. The van der Waals surface area contributed by atoms with Gasteiger partial charge in [0, 0.05) is 36.6 Å². The maximum atomic E-state index is 12.6. The molecule has 0 aromatic rings. The smallest absolute Gasteiger partial charge is 0.407 e. The second-order valence-electron chi connectivity index (χ2n) is 6.82. The third kappa shape index (κ3) is 5.57. The van der Waals surface area contributed by atoms with Crippen LogP contribution in [0.3, 0.4) is 0 Å². The fourth-order valence-electron chi connectivity index (χ4n) is 2.81. The molecule has 1 saturated carbocycles. The molecule has 1 aliphatic heterocycles. The maximum Gasteiger partial charge on any atom is 0.407 e. The quantitative estimate of drug-likeness (QED) is 0.779. The summed E-state index contributed by atoms with van der Waals surface area (Å²) >= 11 is 0. The van der Waals surface area contributed by atoms with E-state index in [4.69, 9.17) is 4.74 Å². The summed E-state index contributed by atoms with van der Waals surface area (Å²) in [5, 5.41) is 2.90. The van der Waals surface area contributed by atoms with Gasteiger partial charge in [0.15, 0.2) is 0 Å². The Labute approximate surface area is 140 Å². The minimum absolute atomic E-state index is 0.0491. The van der Waals surface area contributed by atoms with Crippen LogP contribution in [0, 0.1) is 5.92 Å². The van der Waals surface area contributed by atoms with Gasteiger partial charge in [-0.25, -0.2) is 4.79 Å². The van der Waals surface area contributed by atoms with Gasteiger partial charge in [-0.05, 0) is 40.0 Å². The van der Waals surface area contributed by atoms with Gasteiger partial charge in [0.2, 0.25) is 5.91 Å². The Bertz CT molecular complexity index is 404. The molecular weight excluding hydrogens is 320 g/mol. The first kappa shape index (κ1) is 17.8. The van der Waals surface area contributed by atoms with Crippen LogP contribution in [0.1, 0.15) is 40.0 Å². The van der Waals surface area contributed by atoms with E-state index >= 15 is 0 Å². The summed E-state index contributed by atoms with van der Waals surface area (Å²) in [4.78, 5) is 26.4. The van der Waals surface area contributed by atoms with Crippen molar-refractivity contribution in [1.29, 1.82) is 0 Å². The first-order chi connectivity index (χ1) is 10.3. The van der Waals surface area contributed by atoms with Crippen molar-refractivity contribution in [2.24, 2.45) is 5.92 Å². The Balaban J connectivity index is 1.79. The molecule has 5 nitrogen and oxygen atoms in total. The normalized spacial score (nSPS) is 26.4. The predicted octanol–water partition coefficient (Wildman–Crippen LogP) is 2.90. The Morgan fingerprint density at radius 2 is 1.77 bits per heavy atom. The molecule has 2 amide bonds. The molecule has 22 heavy (non-hydrogen) atoms. The average Bonchev–Trinajstić information content (AvgIpc) is 2.70. The fourth-order valence-corrected chi connectivity index (χ4v) is 4.79. The summed E-state index contributed by atoms with van der Waals surface area (Å²) in [5.41, 5.74) is -0.487. The van der Waals surface area contributed by atoms with Gasteiger partial charge in [-0.2, -0.15) is 0 Å². The fraction of sp³-hybridized carbons (Fsp3) is 0.867. The molecule has 2 atom stereocenters. The zero-order valence-corrected chi connectivity index (χ0v) is 15.2. The third-order valence-corrected chi connectivity index (χ3v) is 6.15. The second-order valence-corrected chi connectivity index (χ2v) is 9.52. The van der Waals surface area contributed by atoms with Gasteiger partial charge < -0.3 is 15.0 Å². The molecular formula is C15H26N2O3S2. The number of ether oxygens (including phenoxy) is 1. The van der Waals surface area contributed by atoms with E-state index in [1.807, 2.05) is 47.3 Å². The monoisotopic (exact) mass is 346 g/mol. The summed E-state index contributed by atoms with van der Waals surface area (Å²) in [7, 11) is 3.69. The second kappa shape index (κ2) is 7.81. The molecule has 0 bridgehead atoms. The molecule has 1 saturated heterocycles. The predicted molar refractivity (Wildman–Crippen MR) is 92.0 cm³/mol. The number of carbonyl (C=O) groups excluding carboxylic acids is 2. The van der Waals surface area contributed by atoms with Crippen molar-refractivity contribution in [3.05, 3.63) is 0 Å². The number of hydrogen-bond acceptors (Lipinski definition) is 5. The standard InChI is InChI=1S/C15H26N2O3S2/c1-15(2,3)20-14(19)16-12-5-4-11(10-12)13(18)17-6-8-21-22-9-7-17/h11-12H,4-10H2,1-3H3,(H,16,19)/t11-,12-/m1/s1. The van der Waals surface area contributed by atoms with E-state index in [1.165, 1.54) is 0 Å². The molecule has 1 N–H and O–H groups in total. The van der Waals surface area contributed by atoms with Crippen LogP contribution in [0.25, 0.3) is 0 Å². The maximum absolute atomic E-state index is 12.6. The molecule has 0 aromatic heterocycles. The molecule has 2 rings (SSSR count). The summed E-state index contributed by atoms with van der Waals surface area (Å²) in [6.45, 7) is 7.24. The van der Waals surface area contributed by atoms with E-state index in [0.717, 1.165) is 43.9 Å². The lowest BCUT2D eigenvalue weighted by Gasteiger charge is -2.24. The van der Waals surface area contributed by atoms with Gasteiger partial charge in [0.05, 0.1) is 0 Å². The minimum Gasteiger partial charge on any atom is -0.444 e. The van der Waals surface area contributed by atoms with E-state index in [2.05, 4.69) is 5.32 Å². The Morgan fingerprint density at radius 3 is 2.36 bits per heavy atom. The van der Waals surface area contributed by atoms with Crippen LogP contribution in [0.5, 0.6) is 0 Å². The molecule has 1 heterocycles. The van der Waals surface area contributed by atoms with Crippen LogP contribution in [0.2, 0.25) is 0 Å². The number of nitrogens with one attached hydrogen (secondary N) is 1. The van der Waals surface area contributed by atoms with E-state index < -0.39 is 5.60 Å². The van der Waals surface area contributed by atoms with Crippen LogP contribution in [0.4, 0.5) is 4.79 Å². The van der Waals surface area contributed by atoms with Crippen molar-refractivity contribution in [3.8, 4) is 0 Å².